The summed E-state index contributed by atoms with van der Waals surface area (Å²) in [4.78, 5) is 2.36. The molecule has 1 unspecified atom stereocenters. The molecule has 90 valence electrons. The highest BCUT2D eigenvalue weighted by Crippen LogP contribution is 2.15. The molecule has 1 aliphatic heterocycles. The molecule has 0 spiro atoms. The van der Waals surface area contributed by atoms with E-state index in [0.29, 0.717) is 6.10 Å². The molecule has 16 heavy (non-hydrogen) atoms. The predicted octanol–water partition coefficient (Wildman–Crippen LogP) is 1.68. The van der Waals surface area contributed by atoms with Crippen LogP contribution in [0.3, 0.4) is 0 Å². The number of likely N-dealkylation sites (tertiary alicyclic amines) is 1. The highest BCUT2D eigenvalue weighted by Gasteiger charge is 2.22. The van der Waals surface area contributed by atoms with E-state index in [4.69, 9.17) is 10.5 Å². The zero-order chi connectivity index (χ0) is 12.0. The summed E-state index contributed by atoms with van der Waals surface area (Å²) in [6, 6.07) is 0. The number of nitrogens with zero attached hydrogens (tertiary/aromatic N) is 1. The molecule has 3 nitrogen and oxygen atoms in total. The largest absolute Gasteiger partial charge is 0.399 e. The molecule has 0 amide bonds. The Balaban J connectivity index is 2.57. The van der Waals surface area contributed by atoms with Crippen LogP contribution in [0.2, 0.25) is 0 Å². The molecule has 0 bridgehead atoms. The zero-order valence-corrected chi connectivity index (χ0v) is 10.3. The second kappa shape index (κ2) is 6.51. The summed E-state index contributed by atoms with van der Waals surface area (Å²) in [7, 11) is 1.77. The maximum absolute atomic E-state index is 5.94. The van der Waals surface area contributed by atoms with Crippen molar-refractivity contribution in [2.75, 3.05) is 26.7 Å². The predicted molar refractivity (Wildman–Crippen MR) is 68.1 cm³/mol. The van der Waals surface area contributed by atoms with Crippen molar-refractivity contribution in [1.82, 2.24) is 4.90 Å². The highest BCUT2D eigenvalue weighted by atomic mass is 16.5. The quantitative estimate of drug-likeness (QED) is 0.719. The Kier molecular flexibility index (Phi) is 5.29. The summed E-state index contributed by atoms with van der Waals surface area (Å²) in [5, 5.41) is 0. The molecule has 0 aromatic heterocycles. The van der Waals surface area contributed by atoms with Crippen molar-refractivity contribution < 1.29 is 4.74 Å². The van der Waals surface area contributed by atoms with Gasteiger partial charge in [-0.1, -0.05) is 24.8 Å². The fourth-order valence-corrected chi connectivity index (χ4v) is 1.94. The van der Waals surface area contributed by atoms with Crippen LogP contribution in [-0.2, 0) is 4.74 Å². The van der Waals surface area contributed by atoms with Gasteiger partial charge in [-0.2, -0.15) is 0 Å². The normalized spacial score (nSPS) is 23.8. The van der Waals surface area contributed by atoms with Gasteiger partial charge in [0.15, 0.2) is 0 Å². The number of ether oxygens (including phenoxy) is 1. The number of nitrogens with two attached hydrogens (primary N) is 1. The standard InChI is InChI=1S/C13H22N2O/c1-4-6-11(13(14)5-2)9-15-8-7-12(10-15)16-3/h4-6,12H,1,7-10,14H2,2-3H3/b11-6-,13-5+. The van der Waals surface area contributed by atoms with Crippen LogP contribution in [0.25, 0.3) is 0 Å². The van der Waals surface area contributed by atoms with Gasteiger partial charge in [0.1, 0.15) is 0 Å². The third kappa shape index (κ3) is 3.51. The molecule has 1 rings (SSSR count). The summed E-state index contributed by atoms with van der Waals surface area (Å²) in [5.41, 5.74) is 7.90. The minimum Gasteiger partial charge on any atom is -0.399 e. The van der Waals surface area contributed by atoms with Gasteiger partial charge in [-0.3, -0.25) is 4.90 Å². The van der Waals surface area contributed by atoms with Crippen LogP contribution in [0.1, 0.15) is 13.3 Å². The van der Waals surface area contributed by atoms with E-state index in [-0.39, 0.29) is 0 Å². The van der Waals surface area contributed by atoms with Gasteiger partial charge in [-0.25, -0.2) is 0 Å². The van der Waals surface area contributed by atoms with Gasteiger partial charge in [0.25, 0.3) is 0 Å². The van der Waals surface area contributed by atoms with Gasteiger partial charge < -0.3 is 10.5 Å². The van der Waals surface area contributed by atoms with E-state index in [0.717, 1.165) is 37.3 Å². The first-order chi connectivity index (χ1) is 7.71. The zero-order valence-electron chi connectivity index (χ0n) is 10.3. The Labute approximate surface area is 98.3 Å². The van der Waals surface area contributed by atoms with E-state index in [2.05, 4.69) is 11.5 Å². The molecule has 1 heterocycles. The van der Waals surface area contributed by atoms with E-state index < -0.39 is 0 Å². The lowest BCUT2D eigenvalue weighted by Gasteiger charge is -2.18. The van der Waals surface area contributed by atoms with E-state index >= 15 is 0 Å². The Hall–Kier alpha value is -1.06. The van der Waals surface area contributed by atoms with Crippen LogP contribution in [-0.4, -0.2) is 37.7 Å². The van der Waals surface area contributed by atoms with Crippen LogP contribution in [0.4, 0.5) is 0 Å². The average molecular weight is 222 g/mol. The van der Waals surface area contributed by atoms with Gasteiger partial charge in [-0.05, 0) is 18.9 Å². The lowest BCUT2D eigenvalue weighted by molar-refractivity contribution is 0.109. The first-order valence-electron chi connectivity index (χ1n) is 5.70. The van der Waals surface area contributed by atoms with Crippen LogP contribution in [0, 0.1) is 0 Å². The molecule has 0 aromatic rings. The summed E-state index contributed by atoms with van der Waals surface area (Å²) < 4.78 is 5.34. The van der Waals surface area contributed by atoms with Crippen LogP contribution < -0.4 is 5.73 Å². The van der Waals surface area contributed by atoms with Crippen LogP contribution in [0.15, 0.2) is 36.1 Å². The van der Waals surface area contributed by atoms with Crippen LogP contribution >= 0.6 is 0 Å². The summed E-state index contributed by atoms with van der Waals surface area (Å²) in [5.74, 6) is 0. The van der Waals surface area contributed by atoms with Gasteiger partial charge in [-0.15, -0.1) is 0 Å². The molecule has 0 radical (unpaired) electrons. The molecule has 1 saturated heterocycles. The summed E-state index contributed by atoms with van der Waals surface area (Å²) in [6.45, 7) is 8.61. The number of allylic oxidation sites excluding steroid dienone is 3. The Morgan fingerprint density at radius 2 is 2.38 bits per heavy atom. The minimum atomic E-state index is 0.372. The SMILES string of the molecule is C=C/C=C(CN1CCC(OC)C1)\C(N)=C/C. The van der Waals surface area contributed by atoms with Crippen molar-refractivity contribution in [2.24, 2.45) is 5.73 Å². The molecule has 1 aliphatic rings. The minimum absolute atomic E-state index is 0.372. The number of hydrogen-bond donors (Lipinski definition) is 1. The maximum Gasteiger partial charge on any atom is 0.0710 e. The van der Waals surface area contributed by atoms with Crippen molar-refractivity contribution in [3.05, 3.63) is 36.1 Å². The molecule has 3 heteroatoms. The smallest absolute Gasteiger partial charge is 0.0710 e. The molecular weight excluding hydrogens is 200 g/mol. The van der Waals surface area contributed by atoms with E-state index in [1.54, 1.807) is 13.2 Å². The summed E-state index contributed by atoms with van der Waals surface area (Å²) in [6.07, 6.45) is 7.18. The van der Waals surface area contributed by atoms with Gasteiger partial charge in [0.05, 0.1) is 6.10 Å². The fourth-order valence-electron chi connectivity index (χ4n) is 1.94. The molecular formula is C13H22N2O. The van der Waals surface area contributed by atoms with Gasteiger partial charge in [0, 0.05) is 32.4 Å². The monoisotopic (exact) mass is 222 g/mol. The van der Waals surface area contributed by atoms with E-state index in [9.17, 15) is 0 Å². The lowest BCUT2D eigenvalue weighted by atomic mass is 10.1. The molecule has 1 fully saturated rings. The molecule has 1 atom stereocenters. The summed E-state index contributed by atoms with van der Waals surface area (Å²) >= 11 is 0. The molecule has 0 saturated carbocycles. The Morgan fingerprint density at radius 1 is 1.62 bits per heavy atom. The maximum atomic E-state index is 5.94. The first kappa shape index (κ1) is 13.0. The topological polar surface area (TPSA) is 38.5 Å². The van der Waals surface area contributed by atoms with E-state index in [1.165, 1.54) is 0 Å². The van der Waals surface area contributed by atoms with Crippen molar-refractivity contribution in [3.63, 3.8) is 0 Å². The second-order valence-corrected chi connectivity index (χ2v) is 4.05. The van der Waals surface area contributed by atoms with Crippen molar-refractivity contribution in [3.8, 4) is 0 Å². The first-order valence-corrected chi connectivity index (χ1v) is 5.70. The lowest BCUT2D eigenvalue weighted by Crippen LogP contribution is -2.26. The third-order valence-corrected chi connectivity index (χ3v) is 2.96. The van der Waals surface area contributed by atoms with Gasteiger partial charge >= 0.3 is 0 Å². The number of rotatable bonds is 5. The molecule has 0 aromatic carbocycles. The highest BCUT2D eigenvalue weighted by molar-refractivity contribution is 5.32. The fraction of sp³-hybridized carbons (Fsp3) is 0.538. The molecule has 0 aliphatic carbocycles. The van der Waals surface area contributed by atoms with Crippen LogP contribution in [0.5, 0.6) is 0 Å². The van der Waals surface area contributed by atoms with Gasteiger partial charge in [0.2, 0.25) is 0 Å². The Morgan fingerprint density at radius 3 is 2.88 bits per heavy atom. The third-order valence-electron chi connectivity index (χ3n) is 2.96. The van der Waals surface area contributed by atoms with E-state index in [1.807, 2.05) is 19.1 Å². The average Bonchev–Trinajstić information content (AvgIpc) is 2.75. The van der Waals surface area contributed by atoms with Crippen molar-refractivity contribution >= 4 is 0 Å². The number of methoxy groups -OCH3 is 1. The van der Waals surface area contributed by atoms with Crippen molar-refractivity contribution in [2.45, 2.75) is 19.4 Å². The number of hydrogen-bond acceptors (Lipinski definition) is 3. The van der Waals surface area contributed by atoms with Crippen molar-refractivity contribution in [1.29, 1.82) is 0 Å². The molecule has 2 N–H and O–H groups in total. The Bertz CT molecular complexity index is 294. The second-order valence-electron chi connectivity index (χ2n) is 4.05.